The van der Waals surface area contributed by atoms with Crippen LogP contribution in [0.3, 0.4) is 0 Å². The van der Waals surface area contributed by atoms with Gasteiger partial charge in [-0.2, -0.15) is 5.10 Å². The number of amides is 1. The maximum Gasteiger partial charge on any atom is 0.220 e. The highest BCUT2D eigenvalue weighted by Crippen LogP contribution is 2.18. The maximum atomic E-state index is 12.0. The lowest BCUT2D eigenvalue weighted by atomic mass is 10.1. The summed E-state index contributed by atoms with van der Waals surface area (Å²) in [6.45, 7) is 0.481. The van der Waals surface area contributed by atoms with E-state index in [2.05, 4.69) is 15.4 Å². The van der Waals surface area contributed by atoms with Gasteiger partial charge in [0.2, 0.25) is 5.91 Å². The van der Waals surface area contributed by atoms with Gasteiger partial charge in [0.15, 0.2) is 0 Å². The molecule has 0 aliphatic carbocycles. The number of hydrogen-bond donors (Lipinski definition) is 1. The summed E-state index contributed by atoms with van der Waals surface area (Å²) in [4.78, 5) is 16.3. The topological polar surface area (TPSA) is 59.8 Å². The molecule has 122 valence electrons. The number of rotatable bonds is 6. The summed E-state index contributed by atoms with van der Waals surface area (Å²) in [6, 6.07) is 12.1. The van der Waals surface area contributed by atoms with Crippen molar-refractivity contribution in [2.45, 2.75) is 19.4 Å². The minimum Gasteiger partial charge on any atom is -0.352 e. The number of nitrogens with zero attached hydrogens (tertiary/aromatic N) is 3. The van der Waals surface area contributed by atoms with Crippen molar-refractivity contribution in [1.29, 1.82) is 0 Å². The van der Waals surface area contributed by atoms with Crippen molar-refractivity contribution in [3.8, 4) is 11.1 Å². The smallest absolute Gasteiger partial charge is 0.220 e. The van der Waals surface area contributed by atoms with Crippen LogP contribution in [0.25, 0.3) is 11.1 Å². The molecule has 3 rings (SSSR count). The van der Waals surface area contributed by atoms with Crippen LogP contribution >= 0.6 is 0 Å². The number of benzene rings is 1. The molecule has 0 radical (unpaired) electrons. The average molecular weight is 320 g/mol. The lowest BCUT2D eigenvalue weighted by Crippen LogP contribution is -2.23. The summed E-state index contributed by atoms with van der Waals surface area (Å²) in [6.07, 6.45) is 8.56. The quantitative estimate of drug-likeness (QED) is 0.760. The third-order valence-corrected chi connectivity index (χ3v) is 3.81. The number of nitrogens with one attached hydrogen (secondary N) is 1. The van der Waals surface area contributed by atoms with E-state index in [0.29, 0.717) is 13.0 Å². The van der Waals surface area contributed by atoms with Crippen molar-refractivity contribution in [2.24, 2.45) is 7.05 Å². The molecule has 0 bridgehead atoms. The molecular weight excluding hydrogens is 300 g/mol. The number of carbonyl (C=O) groups excluding carboxylic acids is 1. The van der Waals surface area contributed by atoms with Gasteiger partial charge in [-0.15, -0.1) is 0 Å². The van der Waals surface area contributed by atoms with E-state index in [-0.39, 0.29) is 5.91 Å². The fourth-order valence-corrected chi connectivity index (χ4v) is 2.50. The van der Waals surface area contributed by atoms with Gasteiger partial charge in [-0.25, -0.2) is 0 Å². The first kappa shape index (κ1) is 15.9. The largest absolute Gasteiger partial charge is 0.352 e. The third-order valence-electron chi connectivity index (χ3n) is 3.81. The molecule has 24 heavy (non-hydrogen) atoms. The summed E-state index contributed by atoms with van der Waals surface area (Å²) in [5, 5.41) is 7.12. The molecule has 1 N–H and O–H groups in total. The first-order valence-electron chi connectivity index (χ1n) is 7.94. The fraction of sp³-hybridized carbons (Fsp3) is 0.211. The van der Waals surface area contributed by atoms with Crippen molar-refractivity contribution in [1.82, 2.24) is 20.1 Å². The van der Waals surface area contributed by atoms with E-state index in [4.69, 9.17) is 0 Å². The van der Waals surface area contributed by atoms with Gasteiger partial charge in [-0.05, 0) is 23.6 Å². The molecule has 0 spiro atoms. The van der Waals surface area contributed by atoms with Crippen LogP contribution in [0.15, 0.2) is 61.2 Å². The third kappa shape index (κ3) is 4.29. The number of aromatic nitrogens is 3. The molecule has 1 aromatic carbocycles. The summed E-state index contributed by atoms with van der Waals surface area (Å²) in [7, 11) is 1.88. The zero-order chi connectivity index (χ0) is 16.8. The Morgan fingerprint density at radius 1 is 1.08 bits per heavy atom. The molecule has 2 aromatic heterocycles. The minimum absolute atomic E-state index is 0.0469. The molecule has 3 aromatic rings. The van der Waals surface area contributed by atoms with Crippen molar-refractivity contribution in [3.63, 3.8) is 0 Å². The highest BCUT2D eigenvalue weighted by atomic mass is 16.1. The maximum absolute atomic E-state index is 12.0. The lowest BCUT2D eigenvalue weighted by molar-refractivity contribution is -0.121. The van der Waals surface area contributed by atoms with E-state index < -0.39 is 0 Å². The zero-order valence-corrected chi connectivity index (χ0v) is 13.6. The van der Waals surface area contributed by atoms with Crippen LogP contribution in [0.1, 0.15) is 17.5 Å². The fourth-order valence-electron chi connectivity index (χ4n) is 2.50. The van der Waals surface area contributed by atoms with Crippen LogP contribution in [-0.4, -0.2) is 20.7 Å². The summed E-state index contributed by atoms with van der Waals surface area (Å²) < 4.78 is 1.76. The van der Waals surface area contributed by atoms with Gasteiger partial charge in [-0.3, -0.25) is 14.5 Å². The molecular formula is C19H20N4O. The highest BCUT2D eigenvalue weighted by Gasteiger charge is 2.05. The van der Waals surface area contributed by atoms with Crippen LogP contribution in [-0.2, 0) is 24.8 Å². The van der Waals surface area contributed by atoms with E-state index in [0.717, 1.165) is 23.1 Å². The molecule has 0 aliphatic rings. The second kappa shape index (κ2) is 7.55. The van der Waals surface area contributed by atoms with Crippen LogP contribution in [0, 0.1) is 0 Å². The summed E-state index contributed by atoms with van der Waals surface area (Å²) >= 11 is 0. The van der Waals surface area contributed by atoms with Crippen molar-refractivity contribution in [2.75, 3.05) is 0 Å². The zero-order valence-electron chi connectivity index (χ0n) is 13.6. The summed E-state index contributed by atoms with van der Waals surface area (Å²) in [5.74, 6) is 0.0469. The van der Waals surface area contributed by atoms with Crippen LogP contribution in [0.5, 0.6) is 0 Å². The van der Waals surface area contributed by atoms with Crippen molar-refractivity contribution in [3.05, 3.63) is 72.3 Å². The first-order chi connectivity index (χ1) is 11.7. The van der Waals surface area contributed by atoms with E-state index in [1.807, 2.05) is 49.6 Å². The molecule has 5 nitrogen and oxygen atoms in total. The average Bonchev–Trinajstić information content (AvgIpc) is 3.06. The normalized spacial score (nSPS) is 10.5. The Hall–Kier alpha value is -2.95. The van der Waals surface area contributed by atoms with E-state index >= 15 is 0 Å². The SMILES string of the molecule is Cn1cc(-c2cncc(CNC(=O)CCc3ccccc3)c2)cn1. The second-order valence-corrected chi connectivity index (χ2v) is 5.75. The highest BCUT2D eigenvalue weighted by molar-refractivity contribution is 5.76. The molecule has 2 heterocycles. The monoisotopic (exact) mass is 320 g/mol. The van der Waals surface area contributed by atoms with Gasteiger partial charge in [0.1, 0.15) is 0 Å². The van der Waals surface area contributed by atoms with Crippen LogP contribution in [0.4, 0.5) is 0 Å². The van der Waals surface area contributed by atoms with Gasteiger partial charge < -0.3 is 5.32 Å². The molecule has 1 amide bonds. The predicted molar refractivity (Wildman–Crippen MR) is 93.0 cm³/mol. The van der Waals surface area contributed by atoms with Gasteiger partial charge in [-0.1, -0.05) is 30.3 Å². The van der Waals surface area contributed by atoms with E-state index in [1.165, 1.54) is 5.56 Å². The van der Waals surface area contributed by atoms with E-state index in [9.17, 15) is 4.79 Å². The second-order valence-electron chi connectivity index (χ2n) is 5.75. The first-order valence-corrected chi connectivity index (χ1v) is 7.94. The Balaban J connectivity index is 1.54. The molecule has 0 aliphatic heterocycles. The van der Waals surface area contributed by atoms with Gasteiger partial charge in [0.05, 0.1) is 6.20 Å². The Labute approximate surface area is 141 Å². The minimum atomic E-state index is 0.0469. The number of pyridine rings is 1. The molecule has 0 fully saturated rings. The summed E-state index contributed by atoms with van der Waals surface area (Å²) in [5.41, 5.74) is 4.17. The van der Waals surface area contributed by atoms with Crippen molar-refractivity contribution < 1.29 is 4.79 Å². The molecule has 0 saturated carbocycles. The van der Waals surface area contributed by atoms with Gasteiger partial charge in [0.25, 0.3) is 0 Å². The van der Waals surface area contributed by atoms with Gasteiger partial charge >= 0.3 is 0 Å². The number of carbonyl (C=O) groups is 1. The molecule has 0 saturated heterocycles. The van der Waals surface area contributed by atoms with E-state index in [1.54, 1.807) is 23.3 Å². The van der Waals surface area contributed by atoms with Crippen LogP contribution in [0.2, 0.25) is 0 Å². The number of aryl methyl sites for hydroxylation is 2. The molecule has 0 unspecified atom stereocenters. The van der Waals surface area contributed by atoms with Crippen molar-refractivity contribution >= 4 is 5.91 Å². The Kier molecular flexibility index (Phi) is 5.01. The molecule has 0 atom stereocenters. The standard InChI is InChI=1S/C19H20N4O/c1-23-14-18(13-22-23)17-9-16(10-20-12-17)11-21-19(24)8-7-15-5-3-2-4-6-15/h2-6,9-10,12-14H,7-8,11H2,1H3,(H,21,24). The Morgan fingerprint density at radius 3 is 2.67 bits per heavy atom. The van der Waals surface area contributed by atoms with Gasteiger partial charge in [0, 0.05) is 49.7 Å². The lowest BCUT2D eigenvalue weighted by Gasteiger charge is -2.06. The Bertz CT molecular complexity index is 811. The van der Waals surface area contributed by atoms with Crippen LogP contribution < -0.4 is 5.32 Å². The molecule has 5 heteroatoms. The number of hydrogen-bond acceptors (Lipinski definition) is 3. The predicted octanol–water partition coefficient (Wildman–Crippen LogP) is 2.73. The Morgan fingerprint density at radius 2 is 1.92 bits per heavy atom.